The normalized spacial score (nSPS) is 28.4. The lowest BCUT2D eigenvalue weighted by Gasteiger charge is -2.38. The molecule has 0 radical (unpaired) electrons. The molecule has 2 aliphatic rings. The first-order valence-electron chi connectivity index (χ1n) is 7.93. The Kier molecular flexibility index (Phi) is 4.79. The molecule has 2 rings (SSSR count). The SMILES string of the molecule is CCOC(=O)CC1[C@H]2CC[C@H]1CN(C(=O)OC(C)(C)C)C2. The van der Waals surface area contributed by atoms with Gasteiger partial charge in [-0.15, -0.1) is 0 Å². The average Bonchev–Trinajstić information content (AvgIpc) is 2.59. The summed E-state index contributed by atoms with van der Waals surface area (Å²) < 4.78 is 10.5. The van der Waals surface area contributed by atoms with E-state index in [9.17, 15) is 9.59 Å². The fourth-order valence-electron chi connectivity index (χ4n) is 3.56. The van der Waals surface area contributed by atoms with E-state index in [0.29, 0.717) is 43.9 Å². The van der Waals surface area contributed by atoms with Crippen LogP contribution in [-0.4, -0.2) is 42.3 Å². The molecule has 1 saturated heterocycles. The van der Waals surface area contributed by atoms with Crippen LogP contribution in [0.3, 0.4) is 0 Å². The van der Waals surface area contributed by atoms with Crippen molar-refractivity contribution in [3.05, 3.63) is 0 Å². The first-order chi connectivity index (χ1) is 9.80. The average molecular weight is 297 g/mol. The third-order valence-corrected chi connectivity index (χ3v) is 4.39. The van der Waals surface area contributed by atoms with Crippen LogP contribution in [0.25, 0.3) is 0 Å². The molecule has 0 aromatic rings. The van der Waals surface area contributed by atoms with Gasteiger partial charge in [0.2, 0.25) is 0 Å². The zero-order valence-electron chi connectivity index (χ0n) is 13.6. The number of esters is 1. The fourth-order valence-corrected chi connectivity index (χ4v) is 3.56. The topological polar surface area (TPSA) is 55.8 Å². The highest BCUT2D eigenvalue weighted by Gasteiger charge is 2.44. The fraction of sp³-hybridized carbons (Fsp3) is 0.875. The molecular weight excluding hydrogens is 270 g/mol. The van der Waals surface area contributed by atoms with Crippen LogP contribution in [-0.2, 0) is 14.3 Å². The Bertz CT molecular complexity index is 388. The number of nitrogens with zero attached hydrogens (tertiary/aromatic N) is 1. The molecule has 1 aliphatic heterocycles. The van der Waals surface area contributed by atoms with Gasteiger partial charge >= 0.3 is 12.1 Å². The summed E-state index contributed by atoms with van der Waals surface area (Å²) in [7, 11) is 0. The summed E-state index contributed by atoms with van der Waals surface area (Å²) >= 11 is 0. The second kappa shape index (κ2) is 6.24. The predicted molar refractivity (Wildman–Crippen MR) is 78.8 cm³/mol. The van der Waals surface area contributed by atoms with Gasteiger partial charge in [-0.05, 0) is 58.3 Å². The molecule has 2 atom stereocenters. The van der Waals surface area contributed by atoms with Crippen LogP contribution >= 0.6 is 0 Å². The molecule has 2 fully saturated rings. The van der Waals surface area contributed by atoms with E-state index in [1.807, 2.05) is 32.6 Å². The molecule has 0 unspecified atom stereocenters. The van der Waals surface area contributed by atoms with Gasteiger partial charge in [0.1, 0.15) is 5.60 Å². The molecule has 5 heteroatoms. The summed E-state index contributed by atoms with van der Waals surface area (Å²) in [6.07, 6.45) is 2.45. The first kappa shape index (κ1) is 16.1. The quantitative estimate of drug-likeness (QED) is 0.752. The number of likely N-dealkylation sites (tertiary alicyclic amines) is 1. The molecular formula is C16H27NO4. The van der Waals surface area contributed by atoms with Crippen molar-refractivity contribution < 1.29 is 19.1 Å². The van der Waals surface area contributed by atoms with E-state index < -0.39 is 5.60 Å². The lowest BCUT2D eigenvalue weighted by atomic mass is 9.83. The summed E-state index contributed by atoms with van der Waals surface area (Å²) in [4.78, 5) is 25.7. The summed E-state index contributed by atoms with van der Waals surface area (Å²) in [6, 6.07) is 0. The van der Waals surface area contributed by atoms with Crippen molar-refractivity contribution in [3.63, 3.8) is 0 Å². The second-order valence-corrected chi connectivity index (χ2v) is 7.16. The number of carbonyl (C=O) groups excluding carboxylic acids is 2. The number of hydrogen-bond donors (Lipinski definition) is 0. The zero-order chi connectivity index (χ0) is 15.6. The van der Waals surface area contributed by atoms with E-state index >= 15 is 0 Å². The number of piperidine rings is 1. The largest absolute Gasteiger partial charge is 0.466 e. The molecule has 120 valence electrons. The lowest BCUT2D eigenvalue weighted by molar-refractivity contribution is -0.145. The Hall–Kier alpha value is -1.26. The van der Waals surface area contributed by atoms with Gasteiger partial charge in [-0.1, -0.05) is 0 Å². The Morgan fingerprint density at radius 3 is 2.19 bits per heavy atom. The zero-order valence-corrected chi connectivity index (χ0v) is 13.6. The molecule has 0 spiro atoms. The van der Waals surface area contributed by atoms with Crippen molar-refractivity contribution in [1.29, 1.82) is 0 Å². The van der Waals surface area contributed by atoms with Crippen molar-refractivity contribution in [3.8, 4) is 0 Å². The number of amides is 1. The van der Waals surface area contributed by atoms with E-state index in [1.165, 1.54) is 0 Å². The molecule has 21 heavy (non-hydrogen) atoms. The van der Waals surface area contributed by atoms with Crippen LogP contribution in [0.2, 0.25) is 0 Å². The molecule has 0 aromatic heterocycles. The monoisotopic (exact) mass is 297 g/mol. The van der Waals surface area contributed by atoms with Crippen molar-refractivity contribution in [2.75, 3.05) is 19.7 Å². The van der Waals surface area contributed by atoms with E-state index in [2.05, 4.69) is 0 Å². The second-order valence-electron chi connectivity index (χ2n) is 7.16. The van der Waals surface area contributed by atoms with Crippen LogP contribution < -0.4 is 0 Å². The predicted octanol–water partition coefficient (Wildman–Crippen LogP) is 2.83. The summed E-state index contributed by atoms with van der Waals surface area (Å²) in [5, 5.41) is 0. The highest BCUT2D eigenvalue weighted by atomic mass is 16.6. The maximum atomic E-state index is 12.2. The van der Waals surface area contributed by atoms with Gasteiger partial charge in [-0.25, -0.2) is 4.79 Å². The van der Waals surface area contributed by atoms with Gasteiger partial charge in [0, 0.05) is 19.5 Å². The van der Waals surface area contributed by atoms with E-state index in [0.717, 1.165) is 12.8 Å². The Morgan fingerprint density at radius 1 is 1.14 bits per heavy atom. The van der Waals surface area contributed by atoms with Gasteiger partial charge in [-0.3, -0.25) is 4.79 Å². The van der Waals surface area contributed by atoms with Crippen molar-refractivity contribution in [1.82, 2.24) is 4.90 Å². The number of fused-ring (bicyclic) bond motifs is 2. The van der Waals surface area contributed by atoms with E-state index in [4.69, 9.17) is 9.47 Å². The van der Waals surface area contributed by atoms with Crippen LogP contribution in [0.4, 0.5) is 4.79 Å². The molecule has 1 heterocycles. The van der Waals surface area contributed by atoms with E-state index in [1.54, 1.807) is 0 Å². The standard InChI is InChI=1S/C16H27NO4/c1-5-20-14(18)8-13-11-6-7-12(13)10-17(9-11)15(19)21-16(2,3)4/h11-13H,5-10H2,1-4H3/t11-,12-/m0/s1. The van der Waals surface area contributed by atoms with Crippen LogP contribution in [0, 0.1) is 17.8 Å². The van der Waals surface area contributed by atoms with E-state index in [-0.39, 0.29) is 12.1 Å². The molecule has 1 aliphatic carbocycles. The smallest absolute Gasteiger partial charge is 0.410 e. The number of ether oxygens (including phenoxy) is 2. The summed E-state index contributed by atoms with van der Waals surface area (Å²) in [5.41, 5.74) is -0.460. The van der Waals surface area contributed by atoms with Gasteiger partial charge in [0.25, 0.3) is 0 Å². The van der Waals surface area contributed by atoms with Gasteiger partial charge in [0.05, 0.1) is 6.61 Å². The minimum absolute atomic E-state index is 0.106. The van der Waals surface area contributed by atoms with Gasteiger partial charge in [-0.2, -0.15) is 0 Å². The maximum Gasteiger partial charge on any atom is 0.410 e. The minimum atomic E-state index is -0.460. The third kappa shape index (κ3) is 4.11. The molecule has 0 aromatic carbocycles. The molecule has 0 N–H and O–H groups in total. The van der Waals surface area contributed by atoms with Crippen molar-refractivity contribution in [2.45, 2.75) is 52.6 Å². The summed E-state index contributed by atoms with van der Waals surface area (Å²) in [6.45, 7) is 9.32. The molecule has 5 nitrogen and oxygen atoms in total. The van der Waals surface area contributed by atoms with Crippen LogP contribution in [0.5, 0.6) is 0 Å². The number of carbonyl (C=O) groups is 2. The van der Waals surface area contributed by atoms with Gasteiger partial charge in [0.15, 0.2) is 0 Å². The highest BCUT2D eigenvalue weighted by Crippen LogP contribution is 2.44. The number of rotatable bonds is 3. The van der Waals surface area contributed by atoms with Crippen LogP contribution in [0.15, 0.2) is 0 Å². The van der Waals surface area contributed by atoms with Crippen molar-refractivity contribution >= 4 is 12.1 Å². The maximum absolute atomic E-state index is 12.2. The minimum Gasteiger partial charge on any atom is -0.466 e. The highest BCUT2D eigenvalue weighted by molar-refractivity contribution is 5.70. The molecule has 1 amide bonds. The molecule has 2 bridgehead atoms. The lowest BCUT2D eigenvalue weighted by Crippen LogP contribution is -2.47. The number of hydrogen-bond acceptors (Lipinski definition) is 4. The third-order valence-electron chi connectivity index (χ3n) is 4.39. The van der Waals surface area contributed by atoms with Crippen molar-refractivity contribution in [2.24, 2.45) is 17.8 Å². The van der Waals surface area contributed by atoms with Crippen LogP contribution in [0.1, 0.15) is 47.0 Å². The van der Waals surface area contributed by atoms with Gasteiger partial charge < -0.3 is 14.4 Å². The summed E-state index contributed by atoms with van der Waals surface area (Å²) in [5.74, 6) is 1.06. The Morgan fingerprint density at radius 2 is 1.71 bits per heavy atom. The molecule has 1 saturated carbocycles. The first-order valence-corrected chi connectivity index (χ1v) is 7.93. The Labute approximate surface area is 127 Å². The Balaban J connectivity index is 1.92.